The van der Waals surface area contributed by atoms with E-state index in [4.69, 9.17) is 0 Å². The van der Waals surface area contributed by atoms with Crippen LogP contribution in [0.1, 0.15) is 52.4 Å². The van der Waals surface area contributed by atoms with E-state index in [2.05, 4.69) is 12.2 Å². The summed E-state index contributed by atoms with van der Waals surface area (Å²) < 4.78 is 0. The van der Waals surface area contributed by atoms with Gasteiger partial charge in [-0.3, -0.25) is 9.59 Å². The molecule has 0 aliphatic carbocycles. The van der Waals surface area contributed by atoms with Gasteiger partial charge in [0.2, 0.25) is 5.78 Å². The second-order valence-corrected chi connectivity index (χ2v) is 3.45. The molecule has 0 bridgehead atoms. The number of carbonyl (C=O) groups excluding carboxylic acids is 2. The molecule has 3 nitrogen and oxygen atoms in total. The average Bonchev–Trinajstić information content (AvgIpc) is 2.21. The lowest BCUT2D eigenvalue weighted by molar-refractivity contribution is -0.137. The molecule has 0 aliphatic rings. The molecule has 82 valence electrons. The molecule has 0 fully saturated rings. The summed E-state index contributed by atoms with van der Waals surface area (Å²) in [5, 5.41) is 2.62. The van der Waals surface area contributed by atoms with E-state index in [0.29, 0.717) is 13.0 Å². The highest BCUT2D eigenvalue weighted by atomic mass is 16.2. The van der Waals surface area contributed by atoms with Crippen LogP contribution in [0, 0.1) is 0 Å². The van der Waals surface area contributed by atoms with Crippen LogP contribution in [0.3, 0.4) is 0 Å². The van der Waals surface area contributed by atoms with Gasteiger partial charge in [-0.2, -0.15) is 0 Å². The molecule has 0 atom stereocenters. The third-order valence-electron chi connectivity index (χ3n) is 2.14. The number of hydrogen-bond acceptors (Lipinski definition) is 2. The van der Waals surface area contributed by atoms with Crippen LogP contribution in [-0.2, 0) is 9.59 Å². The lowest BCUT2D eigenvalue weighted by Gasteiger charge is -2.02. The standard InChI is InChI=1S/C11H21NO2/c1-3-5-6-7-8-9-12-11(14)10(13)4-2/h3-9H2,1-2H3,(H,12,14). The molecular formula is C11H21NO2. The van der Waals surface area contributed by atoms with Gasteiger partial charge in [0, 0.05) is 13.0 Å². The van der Waals surface area contributed by atoms with E-state index in [1.807, 2.05) is 0 Å². The summed E-state index contributed by atoms with van der Waals surface area (Å²) in [4.78, 5) is 21.9. The maximum Gasteiger partial charge on any atom is 0.287 e. The van der Waals surface area contributed by atoms with Gasteiger partial charge in [0.05, 0.1) is 0 Å². The molecule has 0 aromatic rings. The van der Waals surface area contributed by atoms with Crippen molar-refractivity contribution in [3.63, 3.8) is 0 Å². The Labute approximate surface area is 86.3 Å². The fraction of sp³-hybridized carbons (Fsp3) is 0.818. The van der Waals surface area contributed by atoms with Crippen molar-refractivity contribution in [1.29, 1.82) is 0 Å². The minimum atomic E-state index is -0.428. The lowest BCUT2D eigenvalue weighted by atomic mass is 10.1. The van der Waals surface area contributed by atoms with Gasteiger partial charge in [-0.15, -0.1) is 0 Å². The largest absolute Gasteiger partial charge is 0.350 e. The van der Waals surface area contributed by atoms with Crippen LogP contribution in [0.4, 0.5) is 0 Å². The summed E-state index contributed by atoms with van der Waals surface area (Å²) in [7, 11) is 0. The minimum absolute atomic E-state index is 0.293. The summed E-state index contributed by atoms with van der Waals surface area (Å²) in [5.41, 5.74) is 0. The molecule has 0 unspecified atom stereocenters. The van der Waals surface area contributed by atoms with Crippen LogP contribution in [0.15, 0.2) is 0 Å². The summed E-state index contributed by atoms with van der Waals surface area (Å²) in [6, 6.07) is 0. The first kappa shape index (κ1) is 13.1. The molecule has 0 saturated heterocycles. The molecule has 14 heavy (non-hydrogen) atoms. The van der Waals surface area contributed by atoms with Crippen molar-refractivity contribution >= 4 is 11.7 Å². The van der Waals surface area contributed by atoms with Crippen molar-refractivity contribution < 1.29 is 9.59 Å². The van der Waals surface area contributed by atoms with Gasteiger partial charge < -0.3 is 5.32 Å². The Balaban J connectivity index is 3.27. The Hall–Kier alpha value is -0.860. The number of nitrogens with one attached hydrogen (secondary N) is 1. The lowest BCUT2D eigenvalue weighted by Crippen LogP contribution is -2.31. The van der Waals surface area contributed by atoms with Crippen LogP contribution in [0.2, 0.25) is 0 Å². The van der Waals surface area contributed by atoms with Crippen molar-refractivity contribution in [3.05, 3.63) is 0 Å². The molecule has 1 N–H and O–H groups in total. The Morgan fingerprint density at radius 3 is 2.21 bits per heavy atom. The molecule has 0 aliphatic heterocycles. The third-order valence-corrected chi connectivity index (χ3v) is 2.14. The monoisotopic (exact) mass is 199 g/mol. The zero-order valence-electron chi connectivity index (χ0n) is 9.27. The Kier molecular flexibility index (Phi) is 8.19. The van der Waals surface area contributed by atoms with Gasteiger partial charge in [-0.1, -0.05) is 39.5 Å². The van der Waals surface area contributed by atoms with Crippen molar-refractivity contribution in [2.24, 2.45) is 0 Å². The van der Waals surface area contributed by atoms with E-state index < -0.39 is 5.91 Å². The predicted octanol–water partition coefficient (Wildman–Crippen LogP) is 2.05. The van der Waals surface area contributed by atoms with Crippen LogP contribution in [0.5, 0.6) is 0 Å². The molecule has 0 rings (SSSR count). The van der Waals surface area contributed by atoms with Crippen molar-refractivity contribution in [2.75, 3.05) is 6.54 Å². The van der Waals surface area contributed by atoms with E-state index in [1.165, 1.54) is 19.3 Å². The first-order valence-corrected chi connectivity index (χ1v) is 5.53. The van der Waals surface area contributed by atoms with E-state index in [0.717, 1.165) is 12.8 Å². The topological polar surface area (TPSA) is 46.2 Å². The fourth-order valence-corrected chi connectivity index (χ4v) is 1.19. The van der Waals surface area contributed by atoms with Crippen LogP contribution >= 0.6 is 0 Å². The number of amides is 1. The van der Waals surface area contributed by atoms with Crippen LogP contribution in [-0.4, -0.2) is 18.2 Å². The number of hydrogen-bond donors (Lipinski definition) is 1. The molecule has 1 amide bonds. The molecule has 0 saturated carbocycles. The first-order chi connectivity index (χ1) is 6.72. The SMILES string of the molecule is CCCCCCCNC(=O)C(=O)CC. The molecular weight excluding hydrogens is 178 g/mol. The van der Waals surface area contributed by atoms with Gasteiger partial charge in [0.15, 0.2) is 0 Å². The quantitative estimate of drug-likeness (QED) is 0.480. The average molecular weight is 199 g/mol. The summed E-state index contributed by atoms with van der Waals surface area (Å²) in [5.74, 6) is -0.749. The molecule has 0 aromatic heterocycles. The Bertz CT molecular complexity index is 178. The van der Waals surface area contributed by atoms with E-state index in [9.17, 15) is 9.59 Å². The second-order valence-electron chi connectivity index (χ2n) is 3.45. The molecule has 0 radical (unpaired) electrons. The molecule has 0 heterocycles. The van der Waals surface area contributed by atoms with Crippen LogP contribution in [0.25, 0.3) is 0 Å². The van der Waals surface area contributed by atoms with Crippen LogP contribution < -0.4 is 5.32 Å². The second kappa shape index (κ2) is 8.73. The van der Waals surface area contributed by atoms with E-state index >= 15 is 0 Å². The highest BCUT2D eigenvalue weighted by Crippen LogP contribution is 2.00. The molecule has 0 aromatic carbocycles. The molecule has 3 heteroatoms. The number of unbranched alkanes of at least 4 members (excludes halogenated alkanes) is 4. The first-order valence-electron chi connectivity index (χ1n) is 5.53. The van der Waals surface area contributed by atoms with Gasteiger partial charge in [-0.05, 0) is 6.42 Å². The zero-order valence-corrected chi connectivity index (χ0v) is 9.27. The summed E-state index contributed by atoms with van der Waals surface area (Å²) in [6.07, 6.45) is 6.09. The van der Waals surface area contributed by atoms with Crippen molar-refractivity contribution in [3.8, 4) is 0 Å². The maximum absolute atomic E-state index is 11.0. The predicted molar refractivity (Wildman–Crippen MR) is 57.1 cm³/mol. The van der Waals surface area contributed by atoms with E-state index in [1.54, 1.807) is 6.92 Å². The normalized spacial score (nSPS) is 9.86. The van der Waals surface area contributed by atoms with Crippen molar-refractivity contribution in [1.82, 2.24) is 5.32 Å². The minimum Gasteiger partial charge on any atom is -0.350 e. The number of ketones is 1. The van der Waals surface area contributed by atoms with Gasteiger partial charge >= 0.3 is 0 Å². The van der Waals surface area contributed by atoms with Crippen molar-refractivity contribution in [2.45, 2.75) is 52.4 Å². The fourth-order valence-electron chi connectivity index (χ4n) is 1.19. The number of rotatable bonds is 8. The maximum atomic E-state index is 11.0. The third kappa shape index (κ3) is 6.63. The van der Waals surface area contributed by atoms with E-state index in [-0.39, 0.29) is 5.78 Å². The highest BCUT2D eigenvalue weighted by Gasteiger charge is 2.08. The Morgan fingerprint density at radius 1 is 1.00 bits per heavy atom. The number of Topliss-reactive ketones (excluding diaryl/α,β-unsaturated/α-hetero) is 1. The molecule has 0 spiro atoms. The zero-order chi connectivity index (χ0) is 10.8. The van der Waals surface area contributed by atoms with Gasteiger partial charge in [0.1, 0.15) is 0 Å². The summed E-state index contributed by atoms with van der Waals surface area (Å²) >= 11 is 0. The summed E-state index contributed by atoms with van der Waals surface area (Å²) in [6.45, 7) is 4.50. The smallest absolute Gasteiger partial charge is 0.287 e. The van der Waals surface area contributed by atoms with Gasteiger partial charge in [-0.25, -0.2) is 0 Å². The highest BCUT2D eigenvalue weighted by molar-refractivity contribution is 6.36. The Morgan fingerprint density at radius 2 is 1.64 bits per heavy atom. The number of carbonyl (C=O) groups is 2. The van der Waals surface area contributed by atoms with Gasteiger partial charge in [0.25, 0.3) is 5.91 Å².